The molecule has 0 bridgehead atoms. The van der Waals surface area contributed by atoms with Crippen molar-refractivity contribution < 1.29 is 30.0 Å². The molecule has 0 spiro atoms. The quantitative estimate of drug-likeness (QED) is 0.139. The van der Waals surface area contributed by atoms with E-state index in [9.17, 15) is 30.0 Å². The molecule has 4 rings (SSSR count). The molecule has 0 saturated carbocycles. The van der Waals surface area contributed by atoms with Crippen molar-refractivity contribution in [3.63, 3.8) is 0 Å². The molecule has 0 aliphatic rings. The Labute approximate surface area is 253 Å². The summed E-state index contributed by atoms with van der Waals surface area (Å²) in [5, 5.41) is 42.0. The van der Waals surface area contributed by atoms with Crippen LogP contribution in [0.15, 0.2) is 13.2 Å². The van der Waals surface area contributed by atoms with E-state index >= 15 is 0 Å². The van der Waals surface area contributed by atoms with E-state index in [-0.39, 0.29) is 43.4 Å². The Morgan fingerprint density at radius 2 is 1.07 bits per heavy atom. The third kappa shape index (κ3) is 5.95. The number of hydrogen-bond donors (Lipinski definition) is 8. The van der Waals surface area contributed by atoms with Crippen LogP contribution in [0.2, 0.25) is 0 Å². The van der Waals surface area contributed by atoms with Crippen LogP contribution in [0.25, 0.3) is 23.6 Å². The highest BCUT2D eigenvalue weighted by molar-refractivity contribution is 5.69. The van der Waals surface area contributed by atoms with Crippen molar-refractivity contribution in [1.82, 2.24) is 19.9 Å². The van der Waals surface area contributed by atoms with Gasteiger partial charge in [0.15, 0.2) is 11.8 Å². The van der Waals surface area contributed by atoms with Gasteiger partial charge in [-0.15, -0.1) is 11.5 Å². The summed E-state index contributed by atoms with van der Waals surface area (Å²) in [4.78, 5) is 36.1. The third-order valence-electron chi connectivity index (χ3n) is 8.38. The summed E-state index contributed by atoms with van der Waals surface area (Å²) in [7, 11) is 0. The molecule has 0 aliphatic carbocycles. The van der Waals surface area contributed by atoms with Gasteiger partial charge >= 0.3 is 11.9 Å². The normalized spacial score (nSPS) is 12.8. The predicted octanol–water partition coefficient (Wildman–Crippen LogP) is 2.62. The van der Waals surface area contributed by atoms with Crippen molar-refractivity contribution in [3.8, 4) is 11.8 Å². The van der Waals surface area contributed by atoms with Crippen molar-refractivity contribution in [2.45, 2.75) is 66.2 Å². The zero-order valence-corrected chi connectivity index (χ0v) is 25.6. The zero-order chi connectivity index (χ0) is 32.5. The molecule has 0 aromatic carbocycles. The Morgan fingerprint density at radius 3 is 1.39 bits per heavy atom. The van der Waals surface area contributed by atoms with Crippen molar-refractivity contribution >= 4 is 35.6 Å². The van der Waals surface area contributed by atoms with Crippen LogP contribution in [0.5, 0.6) is 11.8 Å². The number of aliphatic carboxylic acids is 2. The van der Waals surface area contributed by atoms with Gasteiger partial charge in [-0.3, -0.25) is 9.59 Å². The number of H-pyrrole nitrogens is 4. The van der Waals surface area contributed by atoms with E-state index in [1.54, 1.807) is 13.8 Å². The highest BCUT2D eigenvalue weighted by atomic mass is 16.4. The lowest BCUT2D eigenvalue weighted by Gasteiger charge is -2.15. The second-order valence-electron chi connectivity index (χ2n) is 11.0. The van der Waals surface area contributed by atoms with Crippen LogP contribution in [0, 0.1) is 27.7 Å². The van der Waals surface area contributed by atoms with E-state index in [1.807, 2.05) is 32.9 Å². The first kappa shape index (κ1) is 31.6. The van der Waals surface area contributed by atoms with Crippen LogP contribution >= 0.6 is 0 Å². The number of carboxylic acid groups (broad SMARTS) is 2. The van der Waals surface area contributed by atoms with Crippen LogP contribution in [0.4, 0.5) is 0 Å². The summed E-state index contributed by atoms with van der Waals surface area (Å²) in [6.45, 7) is 16.8. The number of aromatic hydroxyl groups is 2. The molecule has 0 radical (unpaired) electrons. The Bertz CT molecular complexity index is 1930. The summed E-state index contributed by atoms with van der Waals surface area (Å²) in [5.41, 5.74) is 13.4. The van der Waals surface area contributed by atoms with Gasteiger partial charge in [0.2, 0.25) is 0 Å². The first-order chi connectivity index (χ1) is 20.8. The van der Waals surface area contributed by atoms with Crippen LogP contribution in [0.1, 0.15) is 81.8 Å². The highest BCUT2D eigenvalue weighted by Gasteiger charge is 2.25. The number of aromatic nitrogens is 4. The zero-order valence-electron chi connectivity index (χ0n) is 25.6. The number of rotatable bonds is 10. The molecular formula is C34H38N4O6. The average molecular weight is 599 g/mol. The summed E-state index contributed by atoms with van der Waals surface area (Å²) in [6, 6.07) is 0. The van der Waals surface area contributed by atoms with Crippen LogP contribution in [-0.2, 0) is 22.4 Å². The molecule has 0 amide bonds. The molecule has 8 N–H and O–H groups in total. The summed E-state index contributed by atoms with van der Waals surface area (Å²) in [6.07, 6.45) is 4.10. The largest absolute Gasteiger partial charge is 0.494 e. The Morgan fingerprint density at radius 1 is 0.705 bits per heavy atom. The molecule has 0 saturated heterocycles. The fraction of sp³-hybridized carbons (Fsp3) is 0.294. The maximum Gasteiger partial charge on any atom is 0.303 e. The maximum atomic E-state index is 11.6. The SMILES string of the molecule is C=C=c1c(C)c(O)[nH]c1=Cc1[nH]c(C(C)c2[nH]c(C=c3[nH]c(O)c(C)c3=C=C)c(C)c2CCC(=O)O)c(CCC(=O)O)c1C. The standard InChI is InChI=1S/C34H38N4O6/c1-8-21-18(5)33(43)37-27(21)14-25-16(3)23(10-12-29(39)40)31(35-25)20(7)32-24(11-13-30(41)42)17(4)26(36-32)15-28-22(9-2)19(6)34(44)38-28/h14-15,20,35-38,43-44H,1-2,10-13H2,3-7H3,(H,39,40)(H,41,42). The summed E-state index contributed by atoms with van der Waals surface area (Å²) in [5.74, 6) is -2.11. The molecule has 230 valence electrons. The summed E-state index contributed by atoms with van der Waals surface area (Å²) >= 11 is 0. The summed E-state index contributed by atoms with van der Waals surface area (Å²) < 4.78 is 0. The second-order valence-corrected chi connectivity index (χ2v) is 11.0. The van der Waals surface area contributed by atoms with Gasteiger partial charge in [0.1, 0.15) is 0 Å². The van der Waals surface area contributed by atoms with E-state index in [4.69, 9.17) is 0 Å². The molecule has 10 heteroatoms. The van der Waals surface area contributed by atoms with Gasteiger partial charge in [0.05, 0.1) is 10.7 Å². The Balaban J connectivity index is 1.95. The van der Waals surface area contributed by atoms with E-state index in [1.165, 1.54) is 0 Å². The number of aromatic amines is 4. The van der Waals surface area contributed by atoms with Crippen LogP contribution < -0.4 is 21.1 Å². The molecule has 0 fully saturated rings. The lowest BCUT2D eigenvalue weighted by molar-refractivity contribution is -0.138. The Kier molecular flexibility index (Phi) is 9.00. The fourth-order valence-corrected chi connectivity index (χ4v) is 5.81. The minimum Gasteiger partial charge on any atom is -0.494 e. The molecular weight excluding hydrogens is 560 g/mol. The predicted molar refractivity (Wildman–Crippen MR) is 169 cm³/mol. The van der Waals surface area contributed by atoms with Gasteiger partial charge in [-0.05, 0) is 74.9 Å². The molecule has 4 heterocycles. The number of hydrogen-bond acceptors (Lipinski definition) is 4. The first-order valence-corrected chi connectivity index (χ1v) is 14.2. The molecule has 0 aliphatic heterocycles. The van der Waals surface area contributed by atoms with Gasteiger partial charge in [-0.2, -0.15) is 0 Å². The van der Waals surface area contributed by atoms with E-state index < -0.39 is 11.9 Å². The van der Waals surface area contributed by atoms with Gasteiger partial charge in [-0.1, -0.05) is 20.1 Å². The first-order valence-electron chi connectivity index (χ1n) is 14.2. The minimum atomic E-state index is -0.919. The van der Waals surface area contributed by atoms with Gasteiger partial charge < -0.3 is 40.4 Å². The molecule has 44 heavy (non-hydrogen) atoms. The van der Waals surface area contributed by atoms with Gasteiger partial charge in [0.25, 0.3) is 0 Å². The lowest BCUT2D eigenvalue weighted by Crippen LogP contribution is -2.23. The number of nitrogens with one attached hydrogen (secondary N) is 4. The Hall–Kier alpha value is -5.30. The van der Waals surface area contributed by atoms with Crippen molar-refractivity contribution in [3.05, 3.63) is 90.4 Å². The molecule has 10 nitrogen and oxygen atoms in total. The molecule has 0 unspecified atom stereocenters. The molecule has 4 aromatic rings. The van der Waals surface area contributed by atoms with Gasteiger partial charge in [0, 0.05) is 63.1 Å². The molecule has 4 aromatic heterocycles. The third-order valence-corrected chi connectivity index (χ3v) is 8.38. The van der Waals surface area contributed by atoms with Crippen molar-refractivity contribution in [2.24, 2.45) is 0 Å². The van der Waals surface area contributed by atoms with E-state index in [0.717, 1.165) is 45.0 Å². The topological polar surface area (TPSA) is 178 Å². The van der Waals surface area contributed by atoms with Crippen molar-refractivity contribution in [1.29, 1.82) is 0 Å². The average Bonchev–Trinajstić information content (AvgIpc) is 3.63. The highest BCUT2D eigenvalue weighted by Crippen LogP contribution is 2.35. The maximum absolute atomic E-state index is 11.6. The van der Waals surface area contributed by atoms with E-state index in [2.05, 4.69) is 44.6 Å². The number of carboxylic acids is 2. The fourth-order valence-electron chi connectivity index (χ4n) is 5.81. The van der Waals surface area contributed by atoms with Crippen LogP contribution in [0.3, 0.4) is 0 Å². The lowest BCUT2D eigenvalue weighted by atomic mass is 9.91. The monoisotopic (exact) mass is 598 g/mol. The van der Waals surface area contributed by atoms with Crippen molar-refractivity contribution in [2.75, 3.05) is 0 Å². The van der Waals surface area contributed by atoms with Crippen LogP contribution in [-0.4, -0.2) is 52.3 Å². The van der Waals surface area contributed by atoms with Gasteiger partial charge in [-0.25, -0.2) is 0 Å². The minimum absolute atomic E-state index is 0.0165. The smallest absolute Gasteiger partial charge is 0.303 e. The molecule has 0 atom stereocenters. The number of carbonyl (C=O) groups is 2. The second kappa shape index (κ2) is 12.5. The van der Waals surface area contributed by atoms with E-state index in [0.29, 0.717) is 32.3 Å².